The lowest BCUT2D eigenvalue weighted by Crippen LogP contribution is -2.34. The van der Waals surface area contributed by atoms with Gasteiger partial charge in [-0.1, -0.05) is 32.9 Å². The Bertz CT molecular complexity index is 651. The molecule has 0 heterocycles. The fourth-order valence-electron chi connectivity index (χ4n) is 1.11. The Labute approximate surface area is 190 Å². The SMILES string of the molecule is C=CC(=O)O.C=CC(=O)O.C=CC(=O)O.C=CC(=O)OC(=O)C(=C)CCC(CO)(CO)CO. The molecule has 0 aromatic heterocycles. The molecule has 0 aliphatic rings. The highest BCUT2D eigenvalue weighted by Crippen LogP contribution is 2.24. The van der Waals surface area contributed by atoms with E-state index < -0.39 is 55.1 Å². The van der Waals surface area contributed by atoms with Crippen molar-refractivity contribution in [2.75, 3.05) is 19.8 Å². The maximum Gasteiger partial charge on any atom is 0.341 e. The summed E-state index contributed by atoms with van der Waals surface area (Å²) in [5.74, 6) is -4.71. The van der Waals surface area contributed by atoms with E-state index in [0.717, 1.165) is 24.3 Å². The van der Waals surface area contributed by atoms with Gasteiger partial charge in [0.2, 0.25) is 0 Å². The molecule has 12 heteroatoms. The number of hydrogen-bond donors (Lipinski definition) is 6. The standard InChI is InChI=1S/C12H18O6.3C3H4O2/c1-3-10(16)18-11(17)9(2)4-5-12(6-13,7-14)8-15;3*1-2-3(4)5/h3,13-15H,1-2,4-8H2;3*2H,1H2,(H,4,5). The number of carboxylic acid groups (broad SMARTS) is 3. The summed E-state index contributed by atoms with van der Waals surface area (Å²) in [6.45, 7) is 14.2. The number of carbonyl (C=O) groups excluding carboxylic acids is 2. The third-order valence-electron chi connectivity index (χ3n) is 3.14. The van der Waals surface area contributed by atoms with Crippen molar-refractivity contribution >= 4 is 29.8 Å². The number of carboxylic acids is 3. The minimum atomic E-state index is -1.08. The van der Waals surface area contributed by atoms with E-state index in [9.17, 15) is 24.0 Å². The van der Waals surface area contributed by atoms with E-state index in [-0.39, 0.29) is 18.4 Å². The smallest absolute Gasteiger partial charge is 0.341 e. The molecule has 0 saturated carbocycles. The van der Waals surface area contributed by atoms with Crippen LogP contribution >= 0.6 is 0 Å². The molecular weight excluding hydrogens is 444 g/mol. The Kier molecular flexibility index (Phi) is 25.2. The number of esters is 2. The van der Waals surface area contributed by atoms with Crippen LogP contribution in [0.15, 0.2) is 62.8 Å². The molecule has 12 nitrogen and oxygen atoms in total. The van der Waals surface area contributed by atoms with Crippen LogP contribution in [0.4, 0.5) is 0 Å². The first-order valence-corrected chi connectivity index (χ1v) is 8.71. The molecular formula is C21H30O12. The van der Waals surface area contributed by atoms with Gasteiger partial charge in [0, 0.05) is 35.3 Å². The Morgan fingerprint density at radius 2 is 1.00 bits per heavy atom. The summed E-state index contributed by atoms with van der Waals surface area (Å²) in [5.41, 5.74) is -1.06. The van der Waals surface area contributed by atoms with Crippen LogP contribution < -0.4 is 0 Å². The van der Waals surface area contributed by atoms with Gasteiger partial charge in [0.25, 0.3) is 0 Å². The molecule has 33 heavy (non-hydrogen) atoms. The second-order valence-corrected chi connectivity index (χ2v) is 5.62. The van der Waals surface area contributed by atoms with Gasteiger partial charge in [0.05, 0.1) is 19.8 Å². The summed E-state index contributed by atoms with van der Waals surface area (Å²) < 4.78 is 4.34. The molecule has 0 aromatic carbocycles. The third kappa shape index (κ3) is 26.1. The van der Waals surface area contributed by atoms with Crippen molar-refractivity contribution < 1.29 is 59.3 Å². The molecule has 0 atom stereocenters. The molecule has 0 fully saturated rings. The fraction of sp³-hybridized carbons (Fsp3) is 0.286. The van der Waals surface area contributed by atoms with Gasteiger partial charge < -0.3 is 35.4 Å². The van der Waals surface area contributed by atoms with Gasteiger partial charge >= 0.3 is 29.8 Å². The van der Waals surface area contributed by atoms with Crippen LogP contribution in [0, 0.1) is 5.41 Å². The van der Waals surface area contributed by atoms with Gasteiger partial charge in [-0.15, -0.1) is 0 Å². The molecule has 0 aromatic rings. The Hall–Kier alpha value is -3.87. The molecule has 0 spiro atoms. The van der Waals surface area contributed by atoms with E-state index in [1.165, 1.54) is 0 Å². The summed E-state index contributed by atoms with van der Waals surface area (Å²) in [7, 11) is 0. The highest BCUT2D eigenvalue weighted by atomic mass is 16.6. The van der Waals surface area contributed by atoms with Crippen LogP contribution in [-0.4, -0.2) is 80.3 Å². The highest BCUT2D eigenvalue weighted by Gasteiger charge is 2.28. The Morgan fingerprint density at radius 1 is 0.697 bits per heavy atom. The lowest BCUT2D eigenvalue weighted by Gasteiger charge is -2.27. The van der Waals surface area contributed by atoms with Crippen LogP contribution in [0.25, 0.3) is 0 Å². The van der Waals surface area contributed by atoms with Crippen LogP contribution in [0.2, 0.25) is 0 Å². The van der Waals surface area contributed by atoms with Gasteiger partial charge in [-0.3, -0.25) is 0 Å². The molecule has 0 rings (SSSR count). The summed E-state index contributed by atoms with van der Waals surface area (Å²) in [6, 6.07) is 0. The zero-order chi connectivity index (χ0) is 27.0. The first kappa shape index (κ1) is 36.5. The zero-order valence-corrected chi connectivity index (χ0v) is 18.0. The van der Waals surface area contributed by atoms with Crippen LogP contribution in [0.3, 0.4) is 0 Å². The molecule has 0 amide bonds. The summed E-state index contributed by atoms with van der Waals surface area (Å²) in [6.07, 6.45) is 3.59. The van der Waals surface area contributed by atoms with Gasteiger partial charge in [-0.25, -0.2) is 24.0 Å². The average molecular weight is 474 g/mol. The predicted molar refractivity (Wildman–Crippen MR) is 117 cm³/mol. The molecule has 0 radical (unpaired) electrons. The maximum absolute atomic E-state index is 11.3. The minimum Gasteiger partial charge on any atom is -0.478 e. The first-order chi connectivity index (χ1) is 15.3. The second kappa shape index (κ2) is 22.8. The van der Waals surface area contributed by atoms with Crippen molar-refractivity contribution in [3.05, 3.63) is 62.8 Å². The highest BCUT2D eigenvalue weighted by molar-refractivity contribution is 5.98. The number of ether oxygens (including phenoxy) is 1. The zero-order valence-electron chi connectivity index (χ0n) is 18.0. The van der Waals surface area contributed by atoms with E-state index in [4.69, 9.17) is 30.6 Å². The van der Waals surface area contributed by atoms with E-state index in [1.54, 1.807) is 0 Å². The number of rotatable bonds is 11. The van der Waals surface area contributed by atoms with Crippen molar-refractivity contribution in [2.45, 2.75) is 12.8 Å². The van der Waals surface area contributed by atoms with Gasteiger partial charge in [-0.2, -0.15) is 0 Å². The quantitative estimate of drug-likeness (QED) is 0.135. The minimum absolute atomic E-state index is 0.0184. The fourth-order valence-corrected chi connectivity index (χ4v) is 1.11. The molecule has 0 aliphatic carbocycles. The first-order valence-electron chi connectivity index (χ1n) is 8.71. The van der Waals surface area contributed by atoms with E-state index >= 15 is 0 Å². The molecule has 6 N–H and O–H groups in total. The number of hydrogen-bond acceptors (Lipinski definition) is 9. The number of carbonyl (C=O) groups is 5. The molecule has 0 aliphatic heterocycles. The molecule has 0 unspecified atom stereocenters. The second-order valence-electron chi connectivity index (χ2n) is 5.62. The van der Waals surface area contributed by atoms with Crippen molar-refractivity contribution in [1.82, 2.24) is 0 Å². The van der Waals surface area contributed by atoms with Crippen molar-refractivity contribution in [3.63, 3.8) is 0 Å². The topological polar surface area (TPSA) is 216 Å². The third-order valence-corrected chi connectivity index (χ3v) is 3.14. The largest absolute Gasteiger partial charge is 0.478 e. The van der Waals surface area contributed by atoms with E-state index in [0.29, 0.717) is 0 Å². The van der Waals surface area contributed by atoms with Crippen molar-refractivity contribution in [3.8, 4) is 0 Å². The monoisotopic (exact) mass is 474 g/mol. The van der Waals surface area contributed by atoms with E-state index in [1.807, 2.05) is 0 Å². The molecule has 0 saturated heterocycles. The van der Waals surface area contributed by atoms with Crippen LogP contribution in [0.1, 0.15) is 12.8 Å². The van der Waals surface area contributed by atoms with Gasteiger partial charge in [0.1, 0.15) is 0 Å². The van der Waals surface area contributed by atoms with Crippen molar-refractivity contribution in [2.24, 2.45) is 5.41 Å². The Balaban J connectivity index is -0.000000226. The maximum atomic E-state index is 11.3. The summed E-state index contributed by atoms with van der Waals surface area (Å²) >= 11 is 0. The molecule has 186 valence electrons. The van der Waals surface area contributed by atoms with Crippen LogP contribution in [0.5, 0.6) is 0 Å². The lowest BCUT2D eigenvalue weighted by molar-refractivity contribution is -0.153. The van der Waals surface area contributed by atoms with Crippen molar-refractivity contribution in [1.29, 1.82) is 0 Å². The normalized spacial score (nSPS) is 8.82. The van der Waals surface area contributed by atoms with Crippen LogP contribution in [-0.2, 0) is 28.7 Å². The number of aliphatic carboxylic acids is 3. The number of aliphatic hydroxyl groups is 3. The van der Waals surface area contributed by atoms with Gasteiger partial charge in [-0.05, 0) is 12.8 Å². The summed E-state index contributed by atoms with van der Waals surface area (Å²) in [4.78, 5) is 49.8. The Morgan fingerprint density at radius 3 is 1.21 bits per heavy atom. The van der Waals surface area contributed by atoms with E-state index in [2.05, 4.69) is 37.6 Å². The predicted octanol–water partition coefficient (Wildman–Crippen LogP) is 0.313. The molecule has 0 bridgehead atoms. The van der Waals surface area contributed by atoms with Gasteiger partial charge in [0.15, 0.2) is 0 Å². The average Bonchev–Trinajstić information content (AvgIpc) is 2.80. The summed E-state index contributed by atoms with van der Waals surface area (Å²) in [5, 5.41) is 50.0. The number of aliphatic hydroxyl groups excluding tert-OH is 3. The lowest BCUT2D eigenvalue weighted by atomic mass is 9.84.